The van der Waals surface area contributed by atoms with Crippen LogP contribution >= 0.6 is 0 Å². The number of rotatable bonds is 10. The Morgan fingerprint density at radius 1 is 0.864 bits per heavy atom. The normalized spacial score (nSPS) is 49.2. The SMILES string of the molecule is CC(=O)O[C@H]1C[C@H]2C3=CC[C@H]4C[C@@H](O[C@@H]5O[C@H](CO)[C@@H](O)[C@H](O)[C@H]5O[C@@H]5O[C@H](CO)[C@H](O)[C@H](O)[C@H]5O)CC[C@]4(C)C3=CC[C@]2(C)[C@H]1[C@H]1CC[C@@](C(C)C)([C@H](C)O)OC1=O. The van der Waals surface area contributed by atoms with E-state index in [4.69, 9.17) is 28.4 Å². The zero-order chi connectivity index (χ0) is 42.9. The summed E-state index contributed by atoms with van der Waals surface area (Å²) in [6.07, 6.45) is -7.42. The summed E-state index contributed by atoms with van der Waals surface area (Å²) in [6, 6.07) is 0. The van der Waals surface area contributed by atoms with E-state index >= 15 is 0 Å². The first kappa shape index (κ1) is 45.0. The summed E-state index contributed by atoms with van der Waals surface area (Å²) in [6.45, 7) is 10.2. The van der Waals surface area contributed by atoms with Crippen LogP contribution in [-0.2, 0) is 38.0 Å². The minimum Gasteiger partial charge on any atom is -0.462 e. The number of cyclic esters (lactones) is 1. The van der Waals surface area contributed by atoms with E-state index in [9.17, 15) is 50.4 Å². The van der Waals surface area contributed by atoms with Gasteiger partial charge in [-0.05, 0) is 98.0 Å². The van der Waals surface area contributed by atoms with Crippen molar-refractivity contribution in [2.24, 2.45) is 40.4 Å². The number of carbonyl (C=O) groups excluding carboxylic acids is 2. The third-order valence-electron chi connectivity index (χ3n) is 15.7. The number of hydrogen-bond donors (Lipinski definition) is 8. The second kappa shape index (κ2) is 16.9. The van der Waals surface area contributed by atoms with Gasteiger partial charge in [0.25, 0.3) is 0 Å². The standard InChI is InChI=1S/C43H66O16/c1-19(2)43(20(3)46)14-10-25(38(53)59-43)31-28(54-21(4)47)16-27-24-8-7-22-15-23(9-12-41(22,5)26(24)11-13-42(27,31)6)55-40-37(35(51)33(49)30(18-45)57-40)58-39-36(52)34(50)32(48)29(17-44)56-39/h8,11,19-20,22-23,25,27-37,39-40,44-46,48-52H,7,9-10,12-18H2,1-6H3/t20-,22-,23-,25+,27-,28-,29+,30+,31-,32-,33+,34-,35-,36+,37+,39-,40+,41-,42-,43+/m0/s1. The molecule has 3 heterocycles. The number of esters is 2. The fourth-order valence-electron chi connectivity index (χ4n) is 12.2. The van der Waals surface area contributed by atoms with Gasteiger partial charge in [0, 0.05) is 12.8 Å². The lowest BCUT2D eigenvalue weighted by atomic mass is 9.51. The van der Waals surface area contributed by atoms with Crippen molar-refractivity contribution in [3.8, 4) is 0 Å². The number of allylic oxidation sites excluding steroid dienone is 4. The first-order valence-electron chi connectivity index (χ1n) is 21.5. The quantitative estimate of drug-likeness (QED) is 0.142. The lowest BCUT2D eigenvalue weighted by Crippen LogP contribution is -2.65. The number of fused-ring (bicyclic) bond motifs is 5. The summed E-state index contributed by atoms with van der Waals surface area (Å²) >= 11 is 0. The topological polar surface area (TPSA) is 251 Å². The van der Waals surface area contributed by atoms with Crippen molar-refractivity contribution in [3.63, 3.8) is 0 Å². The molecule has 7 rings (SSSR count). The molecule has 20 atom stereocenters. The molecule has 0 unspecified atom stereocenters. The Bertz CT molecular complexity index is 1600. The molecule has 334 valence electrons. The van der Waals surface area contributed by atoms with E-state index in [1.165, 1.54) is 18.1 Å². The van der Waals surface area contributed by atoms with Crippen molar-refractivity contribution in [3.05, 3.63) is 23.3 Å². The maximum Gasteiger partial charge on any atom is 0.310 e. The monoisotopic (exact) mass is 838 g/mol. The van der Waals surface area contributed by atoms with Crippen molar-refractivity contribution >= 4 is 11.9 Å². The molecular formula is C43H66O16. The van der Waals surface area contributed by atoms with Gasteiger partial charge < -0.3 is 69.3 Å². The van der Waals surface area contributed by atoms with Crippen LogP contribution in [0.2, 0.25) is 0 Å². The largest absolute Gasteiger partial charge is 0.462 e. The Kier molecular flexibility index (Phi) is 12.9. The Labute approximate surface area is 345 Å². The van der Waals surface area contributed by atoms with Gasteiger partial charge in [-0.25, -0.2) is 0 Å². The lowest BCUT2D eigenvalue weighted by molar-refractivity contribution is -0.372. The van der Waals surface area contributed by atoms with E-state index in [0.29, 0.717) is 38.5 Å². The molecule has 2 saturated carbocycles. The maximum atomic E-state index is 14.0. The number of aliphatic hydroxyl groups excluding tert-OH is 8. The predicted molar refractivity (Wildman–Crippen MR) is 205 cm³/mol. The van der Waals surface area contributed by atoms with Crippen LogP contribution in [-0.4, -0.2) is 151 Å². The highest BCUT2D eigenvalue weighted by atomic mass is 16.8. The van der Waals surface area contributed by atoms with E-state index < -0.39 is 116 Å². The zero-order valence-corrected chi connectivity index (χ0v) is 35.0. The van der Waals surface area contributed by atoms with Crippen LogP contribution in [0, 0.1) is 40.4 Å². The van der Waals surface area contributed by atoms with Crippen molar-refractivity contribution in [1.82, 2.24) is 0 Å². The Hall–Kier alpha value is -2.06. The number of hydrogen-bond acceptors (Lipinski definition) is 16. The highest BCUT2D eigenvalue weighted by Crippen LogP contribution is 2.66. The van der Waals surface area contributed by atoms with Crippen LogP contribution in [0.25, 0.3) is 0 Å². The third-order valence-corrected chi connectivity index (χ3v) is 15.7. The summed E-state index contributed by atoms with van der Waals surface area (Å²) in [5, 5.41) is 83.6. The molecule has 3 saturated heterocycles. The molecule has 0 radical (unpaired) electrons. The Morgan fingerprint density at radius 2 is 1.53 bits per heavy atom. The zero-order valence-electron chi connectivity index (χ0n) is 35.0. The number of carbonyl (C=O) groups is 2. The molecule has 4 aliphatic carbocycles. The van der Waals surface area contributed by atoms with Crippen molar-refractivity contribution in [2.45, 2.75) is 178 Å². The highest BCUT2D eigenvalue weighted by molar-refractivity contribution is 5.75. The third kappa shape index (κ3) is 7.64. The molecule has 0 aromatic rings. The van der Waals surface area contributed by atoms with Gasteiger partial charge in [0.15, 0.2) is 12.6 Å². The van der Waals surface area contributed by atoms with Gasteiger partial charge in [0.2, 0.25) is 0 Å². The highest BCUT2D eigenvalue weighted by Gasteiger charge is 2.63. The molecular weight excluding hydrogens is 772 g/mol. The molecule has 5 fully saturated rings. The van der Waals surface area contributed by atoms with Gasteiger partial charge in [0.05, 0.1) is 31.3 Å². The molecule has 0 aromatic heterocycles. The summed E-state index contributed by atoms with van der Waals surface area (Å²) in [5.74, 6) is -1.41. The van der Waals surface area contributed by atoms with Crippen molar-refractivity contribution in [2.75, 3.05) is 13.2 Å². The minimum absolute atomic E-state index is 0.0317. The average molecular weight is 839 g/mol. The first-order valence-corrected chi connectivity index (χ1v) is 21.5. The molecule has 16 nitrogen and oxygen atoms in total. The summed E-state index contributed by atoms with van der Waals surface area (Å²) in [7, 11) is 0. The minimum atomic E-state index is -1.77. The van der Waals surface area contributed by atoms with E-state index in [2.05, 4.69) is 26.0 Å². The molecule has 0 aromatic carbocycles. The van der Waals surface area contributed by atoms with E-state index in [1.54, 1.807) is 6.92 Å². The first-order chi connectivity index (χ1) is 27.8. The average Bonchev–Trinajstić information content (AvgIpc) is 3.47. The predicted octanol–water partition coefficient (Wildman–Crippen LogP) is 0.765. The van der Waals surface area contributed by atoms with Crippen LogP contribution < -0.4 is 0 Å². The molecule has 0 bridgehead atoms. The Balaban J connectivity index is 1.09. The molecule has 3 aliphatic heterocycles. The van der Waals surface area contributed by atoms with Gasteiger partial charge in [-0.15, -0.1) is 0 Å². The molecule has 0 spiro atoms. The van der Waals surface area contributed by atoms with Crippen LogP contribution in [0.3, 0.4) is 0 Å². The van der Waals surface area contributed by atoms with Gasteiger partial charge in [-0.3, -0.25) is 9.59 Å². The smallest absolute Gasteiger partial charge is 0.310 e. The van der Waals surface area contributed by atoms with Gasteiger partial charge in [0.1, 0.15) is 60.5 Å². The van der Waals surface area contributed by atoms with E-state index in [1.807, 2.05) is 13.8 Å². The molecule has 59 heavy (non-hydrogen) atoms. The van der Waals surface area contributed by atoms with Crippen molar-refractivity contribution in [1.29, 1.82) is 0 Å². The fourth-order valence-corrected chi connectivity index (χ4v) is 12.2. The second-order valence-corrected chi connectivity index (χ2v) is 19.2. The van der Waals surface area contributed by atoms with E-state index in [0.717, 1.165) is 12.8 Å². The summed E-state index contributed by atoms with van der Waals surface area (Å²) < 4.78 is 36.1. The number of aliphatic hydroxyl groups is 8. The van der Waals surface area contributed by atoms with Gasteiger partial charge >= 0.3 is 11.9 Å². The Morgan fingerprint density at radius 3 is 2.14 bits per heavy atom. The molecule has 0 amide bonds. The van der Waals surface area contributed by atoms with Crippen molar-refractivity contribution < 1.29 is 78.9 Å². The lowest BCUT2D eigenvalue weighted by Gasteiger charge is -2.54. The molecule has 16 heteroatoms. The van der Waals surface area contributed by atoms with Crippen LogP contribution in [0.5, 0.6) is 0 Å². The van der Waals surface area contributed by atoms with Crippen LogP contribution in [0.15, 0.2) is 23.3 Å². The number of ether oxygens (including phenoxy) is 6. The van der Waals surface area contributed by atoms with E-state index in [-0.39, 0.29) is 35.1 Å². The van der Waals surface area contributed by atoms with Crippen LogP contribution in [0.4, 0.5) is 0 Å². The summed E-state index contributed by atoms with van der Waals surface area (Å²) in [5.41, 5.74) is 0.889. The molecule has 7 aliphatic rings. The van der Waals surface area contributed by atoms with Crippen LogP contribution in [0.1, 0.15) is 92.9 Å². The summed E-state index contributed by atoms with van der Waals surface area (Å²) in [4.78, 5) is 26.5. The van der Waals surface area contributed by atoms with Gasteiger partial charge in [-0.2, -0.15) is 0 Å². The fraction of sp³-hybridized carbons (Fsp3) is 0.860. The maximum absolute atomic E-state index is 14.0. The second-order valence-electron chi connectivity index (χ2n) is 19.2. The molecule has 8 N–H and O–H groups in total. The van der Waals surface area contributed by atoms with Gasteiger partial charge in [-0.1, -0.05) is 39.8 Å².